The quantitative estimate of drug-likeness (QED) is 0.407. The van der Waals surface area contributed by atoms with E-state index in [1.54, 1.807) is 74.9 Å². The van der Waals surface area contributed by atoms with Gasteiger partial charge in [0.1, 0.15) is 11.5 Å². The number of nitrogens with one attached hydrogen (secondary N) is 1. The highest BCUT2D eigenvalue weighted by molar-refractivity contribution is 6.31. The average Bonchev–Trinajstić information content (AvgIpc) is 2.93. The van der Waals surface area contributed by atoms with Gasteiger partial charge in [-0.05, 0) is 79.1 Å². The molecule has 2 atom stereocenters. The van der Waals surface area contributed by atoms with Crippen molar-refractivity contribution in [3.05, 3.63) is 88.4 Å². The van der Waals surface area contributed by atoms with Gasteiger partial charge in [0.2, 0.25) is 0 Å². The van der Waals surface area contributed by atoms with E-state index in [1.807, 2.05) is 11.0 Å². The molecule has 4 rings (SSSR count). The van der Waals surface area contributed by atoms with Gasteiger partial charge in [-0.3, -0.25) is 9.59 Å². The number of methoxy groups -OCH3 is 2. The van der Waals surface area contributed by atoms with Crippen LogP contribution in [0.5, 0.6) is 11.5 Å². The highest BCUT2D eigenvalue weighted by Gasteiger charge is 2.32. The Morgan fingerprint density at radius 1 is 0.946 bits per heavy atom. The summed E-state index contributed by atoms with van der Waals surface area (Å²) in [6, 6.07) is 19.0. The van der Waals surface area contributed by atoms with Crippen LogP contribution in [-0.4, -0.2) is 43.0 Å². The number of anilines is 1. The van der Waals surface area contributed by atoms with Gasteiger partial charge in [0.05, 0.1) is 14.2 Å². The summed E-state index contributed by atoms with van der Waals surface area (Å²) in [7, 11) is 3.14. The molecule has 0 heterocycles. The van der Waals surface area contributed by atoms with Crippen molar-refractivity contribution in [3.8, 4) is 11.5 Å². The fourth-order valence-corrected chi connectivity index (χ4v) is 4.87. The number of benzene rings is 3. The Labute approximate surface area is 222 Å². The molecule has 1 saturated carbocycles. The molecular formula is C29H32ClN3O4. The number of rotatable bonds is 8. The Kier molecular flexibility index (Phi) is 8.69. The molecule has 3 aromatic rings. The SMILES string of the molecule is COc1ccc(C(=O)N(Cc2cc(NC(=O)c3cccc(OC)c3)ccc2Cl)C2CCCCC2N)cc1. The maximum atomic E-state index is 13.7. The lowest BCUT2D eigenvalue weighted by molar-refractivity contribution is 0.0583. The minimum absolute atomic E-state index is 0.116. The largest absolute Gasteiger partial charge is 0.497 e. The van der Waals surface area contributed by atoms with E-state index in [0.29, 0.717) is 33.3 Å². The second-order valence-electron chi connectivity index (χ2n) is 9.17. The third-order valence-electron chi connectivity index (χ3n) is 6.76. The molecule has 3 aromatic carbocycles. The molecule has 1 aliphatic rings. The van der Waals surface area contributed by atoms with Crippen LogP contribution >= 0.6 is 11.6 Å². The number of nitrogens with two attached hydrogens (primary N) is 1. The van der Waals surface area contributed by atoms with Crippen LogP contribution in [0.15, 0.2) is 66.7 Å². The molecule has 0 aliphatic heterocycles. The first-order valence-corrected chi connectivity index (χ1v) is 12.7. The molecule has 194 valence electrons. The molecule has 0 bridgehead atoms. The molecule has 1 aliphatic carbocycles. The molecular weight excluding hydrogens is 490 g/mol. The fourth-order valence-electron chi connectivity index (χ4n) is 4.69. The van der Waals surface area contributed by atoms with Crippen molar-refractivity contribution in [3.63, 3.8) is 0 Å². The summed E-state index contributed by atoms with van der Waals surface area (Å²) < 4.78 is 10.5. The number of carbonyl (C=O) groups excluding carboxylic acids is 2. The van der Waals surface area contributed by atoms with Gasteiger partial charge in [0.25, 0.3) is 11.8 Å². The van der Waals surface area contributed by atoms with E-state index in [1.165, 1.54) is 0 Å². The number of hydrogen-bond donors (Lipinski definition) is 2. The minimum Gasteiger partial charge on any atom is -0.497 e. The van der Waals surface area contributed by atoms with Gasteiger partial charge in [-0.25, -0.2) is 0 Å². The zero-order valence-electron chi connectivity index (χ0n) is 21.1. The summed E-state index contributed by atoms with van der Waals surface area (Å²) in [6.07, 6.45) is 3.75. The van der Waals surface area contributed by atoms with Gasteiger partial charge in [-0.2, -0.15) is 0 Å². The van der Waals surface area contributed by atoms with Crippen LogP contribution in [0, 0.1) is 0 Å². The van der Waals surface area contributed by atoms with Crippen molar-refractivity contribution < 1.29 is 19.1 Å². The number of hydrogen-bond acceptors (Lipinski definition) is 5. The Bertz CT molecular complexity index is 1250. The molecule has 37 heavy (non-hydrogen) atoms. The first-order chi connectivity index (χ1) is 17.9. The van der Waals surface area contributed by atoms with Crippen LogP contribution in [0.3, 0.4) is 0 Å². The molecule has 3 N–H and O–H groups in total. The maximum Gasteiger partial charge on any atom is 0.255 e. The van der Waals surface area contributed by atoms with Crippen LogP contribution in [0.4, 0.5) is 5.69 Å². The van der Waals surface area contributed by atoms with Crippen molar-refractivity contribution in [2.45, 2.75) is 44.3 Å². The third kappa shape index (κ3) is 6.42. The van der Waals surface area contributed by atoms with E-state index in [0.717, 1.165) is 31.2 Å². The molecule has 2 unspecified atom stereocenters. The standard InChI is InChI=1S/C29H32ClN3O4/c1-36-23-13-10-19(11-14-23)29(35)33(27-9-4-3-8-26(27)31)18-21-16-22(12-15-25(21)30)32-28(34)20-6-5-7-24(17-20)37-2/h5-7,10-17,26-27H,3-4,8-9,18,31H2,1-2H3,(H,32,34). The van der Waals surface area contributed by atoms with Gasteiger partial charge in [0, 0.05) is 40.5 Å². The highest BCUT2D eigenvalue weighted by Crippen LogP contribution is 2.29. The van der Waals surface area contributed by atoms with E-state index < -0.39 is 0 Å². The topological polar surface area (TPSA) is 93.9 Å². The Balaban J connectivity index is 1.60. The summed E-state index contributed by atoms with van der Waals surface area (Å²) in [5.41, 5.74) is 8.84. The second-order valence-corrected chi connectivity index (χ2v) is 9.58. The number of nitrogens with zero attached hydrogens (tertiary/aromatic N) is 1. The lowest BCUT2D eigenvalue weighted by Crippen LogP contribution is -2.51. The normalized spacial score (nSPS) is 17.1. The van der Waals surface area contributed by atoms with Gasteiger partial charge in [-0.15, -0.1) is 0 Å². The molecule has 0 aromatic heterocycles. The average molecular weight is 522 g/mol. The first-order valence-electron chi connectivity index (χ1n) is 12.3. The van der Waals surface area contributed by atoms with E-state index in [4.69, 9.17) is 26.8 Å². The Morgan fingerprint density at radius 2 is 1.68 bits per heavy atom. The minimum atomic E-state index is -0.271. The molecule has 0 spiro atoms. The van der Waals surface area contributed by atoms with Gasteiger partial charge in [0.15, 0.2) is 0 Å². The van der Waals surface area contributed by atoms with Crippen molar-refractivity contribution in [2.75, 3.05) is 19.5 Å². The van der Waals surface area contributed by atoms with Crippen molar-refractivity contribution >= 4 is 29.1 Å². The Morgan fingerprint density at radius 3 is 2.38 bits per heavy atom. The molecule has 2 amide bonds. The number of ether oxygens (including phenoxy) is 2. The lowest BCUT2D eigenvalue weighted by atomic mass is 9.89. The number of carbonyl (C=O) groups is 2. The fraction of sp³-hybridized carbons (Fsp3) is 0.310. The third-order valence-corrected chi connectivity index (χ3v) is 7.12. The van der Waals surface area contributed by atoms with E-state index >= 15 is 0 Å². The summed E-state index contributed by atoms with van der Waals surface area (Å²) >= 11 is 6.58. The smallest absolute Gasteiger partial charge is 0.255 e. The predicted molar refractivity (Wildman–Crippen MR) is 145 cm³/mol. The lowest BCUT2D eigenvalue weighted by Gasteiger charge is -2.38. The zero-order valence-corrected chi connectivity index (χ0v) is 21.8. The van der Waals surface area contributed by atoms with E-state index in [2.05, 4.69) is 5.32 Å². The van der Waals surface area contributed by atoms with Crippen molar-refractivity contribution in [2.24, 2.45) is 5.73 Å². The number of amides is 2. The van der Waals surface area contributed by atoms with Crippen LogP contribution in [0.1, 0.15) is 52.0 Å². The number of halogens is 1. The summed E-state index contributed by atoms with van der Waals surface area (Å²) in [5, 5.41) is 3.43. The zero-order chi connectivity index (χ0) is 26.4. The summed E-state index contributed by atoms with van der Waals surface area (Å²) in [5.74, 6) is 0.889. The van der Waals surface area contributed by atoms with Crippen LogP contribution in [0.2, 0.25) is 5.02 Å². The molecule has 8 heteroatoms. The van der Waals surface area contributed by atoms with E-state index in [9.17, 15) is 9.59 Å². The summed E-state index contributed by atoms with van der Waals surface area (Å²) in [6.45, 7) is 0.269. The second kappa shape index (κ2) is 12.1. The van der Waals surface area contributed by atoms with Crippen LogP contribution in [-0.2, 0) is 6.54 Å². The van der Waals surface area contributed by atoms with Crippen LogP contribution in [0.25, 0.3) is 0 Å². The van der Waals surface area contributed by atoms with E-state index in [-0.39, 0.29) is 30.4 Å². The van der Waals surface area contributed by atoms with Crippen molar-refractivity contribution in [1.29, 1.82) is 0 Å². The molecule has 0 saturated heterocycles. The molecule has 0 radical (unpaired) electrons. The maximum absolute atomic E-state index is 13.7. The molecule has 7 nitrogen and oxygen atoms in total. The molecule has 1 fully saturated rings. The monoisotopic (exact) mass is 521 g/mol. The first kappa shape index (κ1) is 26.5. The van der Waals surface area contributed by atoms with Gasteiger partial charge < -0.3 is 25.4 Å². The predicted octanol–water partition coefficient (Wildman–Crippen LogP) is 5.52. The van der Waals surface area contributed by atoms with Crippen LogP contribution < -0.4 is 20.5 Å². The van der Waals surface area contributed by atoms with Gasteiger partial charge >= 0.3 is 0 Å². The summed E-state index contributed by atoms with van der Waals surface area (Å²) in [4.78, 5) is 28.4. The van der Waals surface area contributed by atoms with Gasteiger partial charge in [-0.1, -0.05) is 30.5 Å². The Hall–Kier alpha value is -3.55. The highest BCUT2D eigenvalue weighted by atomic mass is 35.5. The van der Waals surface area contributed by atoms with Crippen molar-refractivity contribution in [1.82, 2.24) is 4.90 Å².